The van der Waals surface area contributed by atoms with E-state index in [1.807, 2.05) is 66.4 Å². The van der Waals surface area contributed by atoms with E-state index in [9.17, 15) is 15.3 Å². The molecule has 2 aromatic carbocycles. The number of aryl methyl sites for hydroxylation is 1. The number of anilines is 1. The summed E-state index contributed by atoms with van der Waals surface area (Å²) in [6.45, 7) is 3.42. The molecule has 0 spiro atoms. The number of pyridine rings is 1. The van der Waals surface area contributed by atoms with E-state index in [4.69, 9.17) is 5.73 Å². The Morgan fingerprint density at radius 2 is 1.67 bits per heavy atom. The normalized spacial score (nSPS) is 13.8. The van der Waals surface area contributed by atoms with Crippen LogP contribution in [0.3, 0.4) is 0 Å². The van der Waals surface area contributed by atoms with Crippen molar-refractivity contribution in [3.8, 4) is 23.3 Å². The monoisotopic (exact) mass is 453 g/mol. The summed E-state index contributed by atoms with van der Waals surface area (Å²) in [5.41, 5.74) is 9.68. The summed E-state index contributed by atoms with van der Waals surface area (Å²) >= 11 is 1.22. The van der Waals surface area contributed by atoms with Crippen LogP contribution in [0.25, 0.3) is 11.1 Å². The lowest BCUT2D eigenvalue weighted by atomic mass is 9.96. The number of amides is 1. The molecule has 1 aromatic heterocycles. The predicted molar refractivity (Wildman–Crippen MR) is 129 cm³/mol. The predicted octanol–water partition coefficient (Wildman–Crippen LogP) is 4.84. The van der Waals surface area contributed by atoms with E-state index < -0.39 is 5.25 Å². The second-order valence-electron chi connectivity index (χ2n) is 7.96. The van der Waals surface area contributed by atoms with Gasteiger partial charge in [0.15, 0.2) is 0 Å². The van der Waals surface area contributed by atoms with Crippen molar-refractivity contribution in [3.63, 3.8) is 0 Å². The molecule has 4 rings (SSSR count). The van der Waals surface area contributed by atoms with Gasteiger partial charge in [-0.05, 0) is 30.9 Å². The van der Waals surface area contributed by atoms with E-state index in [0.717, 1.165) is 37.1 Å². The van der Waals surface area contributed by atoms with Gasteiger partial charge in [-0.3, -0.25) is 4.79 Å². The van der Waals surface area contributed by atoms with Crippen LogP contribution >= 0.6 is 11.8 Å². The van der Waals surface area contributed by atoms with Gasteiger partial charge in [-0.1, -0.05) is 71.9 Å². The third kappa shape index (κ3) is 4.55. The number of carbonyl (C=O) groups is 1. The molecule has 33 heavy (non-hydrogen) atoms. The average Bonchev–Trinajstić information content (AvgIpc) is 3.38. The molecule has 1 unspecified atom stereocenters. The molecule has 2 N–H and O–H groups in total. The first-order valence-corrected chi connectivity index (χ1v) is 11.6. The van der Waals surface area contributed by atoms with Gasteiger partial charge in [0, 0.05) is 18.7 Å². The van der Waals surface area contributed by atoms with Crippen LogP contribution in [0.1, 0.15) is 40.3 Å². The van der Waals surface area contributed by atoms with Gasteiger partial charge < -0.3 is 10.6 Å². The molecule has 1 atom stereocenters. The smallest absolute Gasteiger partial charge is 0.240 e. The number of rotatable bonds is 5. The Balaban J connectivity index is 1.85. The van der Waals surface area contributed by atoms with E-state index in [-0.39, 0.29) is 22.9 Å². The minimum atomic E-state index is -0.567. The van der Waals surface area contributed by atoms with Crippen molar-refractivity contribution in [2.45, 2.75) is 30.0 Å². The Bertz CT molecular complexity index is 1250. The molecule has 3 aromatic rings. The molecule has 0 saturated carbocycles. The topological polar surface area (TPSA) is 107 Å². The fraction of sp³-hybridized carbons (Fsp3) is 0.231. The summed E-state index contributed by atoms with van der Waals surface area (Å²) in [5, 5.41) is 19.7. The van der Waals surface area contributed by atoms with Crippen LogP contribution in [-0.2, 0) is 4.79 Å². The third-order valence-electron chi connectivity index (χ3n) is 5.73. The molecule has 1 fully saturated rings. The number of aromatic nitrogens is 1. The van der Waals surface area contributed by atoms with E-state index in [2.05, 4.69) is 17.1 Å². The third-order valence-corrected chi connectivity index (χ3v) is 6.96. The first-order valence-electron chi connectivity index (χ1n) is 10.7. The zero-order valence-corrected chi connectivity index (χ0v) is 19.1. The number of thioether (sulfide) groups is 1. The molecule has 2 heterocycles. The highest BCUT2D eigenvalue weighted by molar-refractivity contribution is 8.00. The zero-order valence-electron chi connectivity index (χ0n) is 18.3. The lowest BCUT2D eigenvalue weighted by molar-refractivity contribution is -0.129. The number of likely N-dealkylation sites (tertiary alicyclic amines) is 1. The number of benzene rings is 2. The molecular formula is C26H23N5OS. The van der Waals surface area contributed by atoms with E-state index >= 15 is 0 Å². The molecule has 1 saturated heterocycles. The minimum absolute atomic E-state index is 0.00536. The highest BCUT2D eigenvalue weighted by Gasteiger charge is 2.31. The van der Waals surface area contributed by atoms with Crippen molar-refractivity contribution >= 4 is 23.5 Å². The maximum atomic E-state index is 13.5. The highest BCUT2D eigenvalue weighted by atomic mass is 32.2. The molecule has 6 nitrogen and oxygen atoms in total. The molecule has 1 aliphatic heterocycles. The van der Waals surface area contributed by atoms with Crippen molar-refractivity contribution in [1.29, 1.82) is 10.5 Å². The SMILES string of the molecule is Cc1ccc(-c2c(C#N)c(N)nc(SC(C(=O)N3CCCC3)c3ccccc3)c2C#N)cc1. The maximum Gasteiger partial charge on any atom is 0.240 e. The van der Waals surface area contributed by atoms with Crippen molar-refractivity contribution in [2.24, 2.45) is 0 Å². The molecule has 7 heteroatoms. The first-order chi connectivity index (χ1) is 16.0. The first kappa shape index (κ1) is 22.4. The summed E-state index contributed by atoms with van der Waals surface area (Å²) in [7, 11) is 0. The summed E-state index contributed by atoms with van der Waals surface area (Å²) in [6, 6.07) is 21.4. The number of hydrogen-bond acceptors (Lipinski definition) is 6. The Labute approximate surface area is 197 Å². The fourth-order valence-electron chi connectivity index (χ4n) is 4.00. The van der Waals surface area contributed by atoms with E-state index in [1.165, 1.54) is 11.8 Å². The van der Waals surface area contributed by atoms with Gasteiger partial charge in [0.25, 0.3) is 0 Å². The molecular weight excluding hydrogens is 430 g/mol. The van der Waals surface area contributed by atoms with E-state index in [0.29, 0.717) is 16.2 Å². The lowest BCUT2D eigenvalue weighted by Crippen LogP contribution is -2.31. The Morgan fingerprint density at radius 1 is 1.03 bits per heavy atom. The molecule has 164 valence electrons. The highest BCUT2D eigenvalue weighted by Crippen LogP contribution is 2.42. The van der Waals surface area contributed by atoms with Gasteiger partial charge in [0.2, 0.25) is 5.91 Å². The van der Waals surface area contributed by atoms with Gasteiger partial charge in [-0.15, -0.1) is 0 Å². The second kappa shape index (κ2) is 9.77. The summed E-state index contributed by atoms with van der Waals surface area (Å²) < 4.78 is 0. The van der Waals surface area contributed by atoms with Crippen LogP contribution in [0.5, 0.6) is 0 Å². The van der Waals surface area contributed by atoms with Gasteiger partial charge in [0.05, 0.1) is 5.56 Å². The molecule has 0 radical (unpaired) electrons. The largest absolute Gasteiger partial charge is 0.383 e. The summed E-state index contributed by atoms with van der Waals surface area (Å²) in [4.78, 5) is 19.7. The van der Waals surface area contributed by atoms with Crippen LogP contribution in [0.2, 0.25) is 0 Å². The average molecular weight is 454 g/mol. The molecule has 0 aliphatic carbocycles. The van der Waals surface area contributed by atoms with Crippen molar-refractivity contribution < 1.29 is 4.79 Å². The van der Waals surface area contributed by atoms with Crippen LogP contribution < -0.4 is 5.73 Å². The van der Waals surface area contributed by atoms with Gasteiger partial charge in [0.1, 0.15) is 33.8 Å². The zero-order chi connectivity index (χ0) is 23.4. The van der Waals surface area contributed by atoms with Crippen LogP contribution in [0.4, 0.5) is 5.82 Å². The minimum Gasteiger partial charge on any atom is -0.383 e. The maximum absolute atomic E-state index is 13.5. The van der Waals surface area contributed by atoms with Crippen LogP contribution in [-0.4, -0.2) is 28.9 Å². The van der Waals surface area contributed by atoms with E-state index in [1.54, 1.807) is 0 Å². The van der Waals surface area contributed by atoms with Gasteiger partial charge >= 0.3 is 0 Å². The number of nitriles is 2. The number of carbonyl (C=O) groups excluding carboxylic acids is 1. The Morgan fingerprint density at radius 3 is 2.27 bits per heavy atom. The van der Waals surface area contributed by atoms with Crippen molar-refractivity contribution in [2.75, 3.05) is 18.8 Å². The van der Waals surface area contributed by atoms with Crippen molar-refractivity contribution in [3.05, 3.63) is 76.9 Å². The van der Waals surface area contributed by atoms with Gasteiger partial charge in [-0.25, -0.2) is 4.98 Å². The summed E-state index contributed by atoms with van der Waals surface area (Å²) in [5.74, 6) is 0.0456. The number of hydrogen-bond donors (Lipinski definition) is 1. The molecule has 1 aliphatic rings. The second-order valence-corrected chi connectivity index (χ2v) is 9.05. The van der Waals surface area contributed by atoms with Gasteiger partial charge in [-0.2, -0.15) is 10.5 Å². The standard InChI is InChI=1S/C26H23N5OS/c1-17-9-11-18(12-10-17)22-20(15-27)24(29)30-25(21(22)16-28)33-23(19-7-3-2-4-8-19)26(32)31-13-5-6-14-31/h2-4,7-12,23H,5-6,13-14H2,1H3,(H2,29,30). The van der Waals surface area contributed by atoms with Crippen LogP contribution in [0.15, 0.2) is 59.6 Å². The summed E-state index contributed by atoms with van der Waals surface area (Å²) in [6.07, 6.45) is 1.97. The fourth-order valence-corrected chi connectivity index (χ4v) is 5.18. The Hall–Kier alpha value is -3.81. The van der Waals surface area contributed by atoms with Crippen molar-refractivity contribution in [1.82, 2.24) is 9.88 Å². The molecule has 1 amide bonds. The number of nitrogen functional groups attached to an aromatic ring is 1. The number of nitrogens with two attached hydrogens (primary N) is 1. The van der Waals surface area contributed by atoms with Crippen LogP contribution in [0, 0.1) is 29.6 Å². The quantitative estimate of drug-likeness (QED) is 0.554. The number of nitrogens with zero attached hydrogens (tertiary/aromatic N) is 4. The Kier molecular flexibility index (Phi) is 6.63. The lowest BCUT2D eigenvalue weighted by Gasteiger charge is -2.24. The molecule has 0 bridgehead atoms.